The second kappa shape index (κ2) is 7.90. The van der Waals surface area contributed by atoms with Crippen molar-refractivity contribution in [3.05, 3.63) is 30.6 Å². The van der Waals surface area contributed by atoms with Crippen LogP contribution in [-0.2, 0) is 14.8 Å². The van der Waals surface area contributed by atoms with E-state index in [1.165, 1.54) is 24.5 Å². The number of aromatic nitrogens is 1. The Labute approximate surface area is 167 Å². The molecule has 1 aromatic heterocycles. The molecule has 0 saturated heterocycles. The van der Waals surface area contributed by atoms with Gasteiger partial charge in [0.05, 0.1) is 22.7 Å². The van der Waals surface area contributed by atoms with Crippen LogP contribution in [-0.4, -0.2) is 36.5 Å². The van der Waals surface area contributed by atoms with Crippen molar-refractivity contribution >= 4 is 50.2 Å². The van der Waals surface area contributed by atoms with E-state index in [0.29, 0.717) is 29.3 Å². The van der Waals surface area contributed by atoms with Gasteiger partial charge in [-0.3, -0.25) is 15.2 Å². The molecule has 2 atom stereocenters. The van der Waals surface area contributed by atoms with Gasteiger partial charge in [-0.15, -0.1) is 0 Å². The fraction of sp³-hybridized carbons (Fsp3) is 0.353. The maximum absolute atomic E-state index is 12.8. The summed E-state index contributed by atoms with van der Waals surface area (Å²) in [5.74, 6) is -2.13. The van der Waals surface area contributed by atoms with Crippen LogP contribution >= 0.6 is 11.8 Å². The Morgan fingerprint density at radius 2 is 2.04 bits per heavy atom. The van der Waals surface area contributed by atoms with Crippen LogP contribution in [0, 0.1) is 11.3 Å². The Balaban J connectivity index is 1.94. The highest BCUT2D eigenvalue weighted by Crippen LogP contribution is 2.30. The first-order valence-electron chi connectivity index (χ1n) is 8.63. The van der Waals surface area contributed by atoms with Crippen molar-refractivity contribution in [2.75, 3.05) is 4.42 Å². The van der Waals surface area contributed by atoms with E-state index in [4.69, 9.17) is 22.9 Å². The molecule has 3 rings (SSSR count). The molecule has 28 heavy (non-hydrogen) atoms. The summed E-state index contributed by atoms with van der Waals surface area (Å²) in [4.78, 5) is 15.4. The molecule has 0 radical (unpaired) electrons. The molecular weight excluding hydrogens is 406 g/mol. The highest BCUT2D eigenvalue weighted by molar-refractivity contribution is 7.89. The number of fused-ring (bicyclic) bond motifs is 1. The van der Waals surface area contributed by atoms with E-state index >= 15 is 0 Å². The number of guanidine groups is 1. The molecule has 1 aliphatic rings. The SMILES string of the molecule is N=C(N)N(Cl)c1cncc2cc(S(=O)(=O)N[C@@H]3CCCC[C@@H]3C(=O)O)ccc12. The Bertz CT molecular complexity index is 1030. The second-order valence-corrected chi connectivity index (χ2v) is 8.72. The van der Waals surface area contributed by atoms with Crippen molar-refractivity contribution in [2.24, 2.45) is 11.7 Å². The number of nitrogens with two attached hydrogens (primary N) is 1. The van der Waals surface area contributed by atoms with Gasteiger partial charge in [0, 0.05) is 34.8 Å². The molecule has 1 aliphatic carbocycles. The number of hydrogen-bond acceptors (Lipinski definition) is 5. The lowest BCUT2D eigenvalue weighted by molar-refractivity contribution is -0.143. The summed E-state index contributed by atoms with van der Waals surface area (Å²) in [5.41, 5.74) is 5.74. The number of nitrogens with zero attached hydrogens (tertiary/aromatic N) is 2. The quantitative estimate of drug-likeness (QED) is 0.325. The number of pyridine rings is 1. The van der Waals surface area contributed by atoms with Crippen LogP contribution in [0.3, 0.4) is 0 Å². The van der Waals surface area contributed by atoms with Crippen LogP contribution in [0.2, 0.25) is 0 Å². The Morgan fingerprint density at radius 1 is 1.32 bits per heavy atom. The summed E-state index contributed by atoms with van der Waals surface area (Å²) in [7, 11) is -3.92. The third-order valence-corrected chi connectivity index (χ3v) is 6.68. The predicted molar refractivity (Wildman–Crippen MR) is 106 cm³/mol. The van der Waals surface area contributed by atoms with Gasteiger partial charge in [0.1, 0.15) is 0 Å². The van der Waals surface area contributed by atoms with Gasteiger partial charge in [0.15, 0.2) is 0 Å². The van der Waals surface area contributed by atoms with E-state index in [1.807, 2.05) is 0 Å². The normalized spacial score (nSPS) is 20.0. The van der Waals surface area contributed by atoms with E-state index in [1.54, 1.807) is 6.07 Å². The highest BCUT2D eigenvalue weighted by atomic mass is 35.5. The molecule has 0 amide bonds. The molecule has 1 fully saturated rings. The first kappa shape index (κ1) is 20.3. The number of sulfonamides is 1. The van der Waals surface area contributed by atoms with Gasteiger partial charge >= 0.3 is 5.97 Å². The van der Waals surface area contributed by atoms with E-state index in [9.17, 15) is 18.3 Å². The third kappa shape index (κ3) is 4.03. The van der Waals surface area contributed by atoms with E-state index in [2.05, 4.69) is 9.71 Å². The standard InChI is InChI=1S/C17H20ClN5O4S/c18-23(17(19)20)15-9-21-8-10-7-11(5-6-12(10)15)28(26,27)22-14-4-2-1-3-13(14)16(24)25/h5-9,13-14,22H,1-4H2,(H3,19,20)(H,24,25)/t13-,14+/m0/s1. The summed E-state index contributed by atoms with van der Waals surface area (Å²) in [5, 5.41) is 17.9. The minimum Gasteiger partial charge on any atom is -0.481 e. The van der Waals surface area contributed by atoms with Gasteiger partial charge in [0.2, 0.25) is 16.0 Å². The van der Waals surface area contributed by atoms with Crippen molar-refractivity contribution in [1.82, 2.24) is 9.71 Å². The lowest BCUT2D eigenvalue weighted by Crippen LogP contribution is -2.44. The van der Waals surface area contributed by atoms with Gasteiger partial charge < -0.3 is 10.8 Å². The summed E-state index contributed by atoms with van der Waals surface area (Å²) in [6.07, 6.45) is 5.37. The van der Waals surface area contributed by atoms with Gasteiger partial charge in [-0.1, -0.05) is 18.9 Å². The molecule has 1 heterocycles. The molecule has 0 bridgehead atoms. The summed E-state index contributed by atoms with van der Waals surface area (Å²) < 4.78 is 29.1. The van der Waals surface area contributed by atoms with E-state index in [0.717, 1.165) is 17.3 Å². The monoisotopic (exact) mass is 425 g/mol. The molecule has 0 aliphatic heterocycles. The molecule has 2 aromatic rings. The number of aliphatic carboxylic acids is 1. The number of nitrogens with one attached hydrogen (secondary N) is 2. The smallest absolute Gasteiger partial charge is 0.308 e. The minimum atomic E-state index is -3.92. The average Bonchev–Trinajstić information content (AvgIpc) is 2.66. The zero-order valence-electron chi connectivity index (χ0n) is 14.8. The lowest BCUT2D eigenvalue weighted by atomic mass is 9.85. The number of carboxylic acid groups (broad SMARTS) is 1. The Kier molecular flexibility index (Phi) is 5.73. The predicted octanol–water partition coefficient (Wildman–Crippen LogP) is 2.01. The molecule has 0 unspecified atom stereocenters. The molecule has 1 aromatic carbocycles. The summed E-state index contributed by atoms with van der Waals surface area (Å²) in [6, 6.07) is 3.73. The van der Waals surface area contributed by atoms with Crippen molar-refractivity contribution < 1.29 is 18.3 Å². The number of benzene rings is 1. The molecular formula is C17H20ClN5O4S. The van der Waals surface area contributed by atoms with Gasteiger partial charge in [-0.05, 0) is 25.0 Å². The number of hydrogen-bond donors (Lipinski definition) is 4. The van der Waals surface area contributed by atoms with Crippen molar-refractivity contribution in [1.29, 1.82) is 5.41 Å². The van der Waals surface area contributed by atoms with Gasteiger partial charge in [0.25, 0.3) is 0 Å². The number of anilines is 1. The maximum Gasteiger partial charge on any atom is 0.308 e. The number of carboxylic acids is 1. The van der Waals surface area contributed by atoms with Crippen LogP contribution in [0.5, 0.6) is 0 Å². The van der Waals surface area contributed by atoms with Crippen LogP contribution < -0.4 is 14.9 Å². The number of rotatable bonds is 5. The molecule has 0 spiro atoms. The average molecular weight is 426 g/mol. The fourth-order valence-electron chi connectivity index (χ4n) is 3.43. The van der Waals surface area contributed by atoms with Crippen LogP contribution in [0.15, 0.2) is 35.5 Å². The molecule has 5 N–H and O–H groups in total. The lowest BCUT2D eigenvalue weighted by Gasteiger charge is -2.29. The minimum absolute atomic E-state index is 0.00221. The summed E-state index contributed by atoms with van der Waals surface area (Å²) >= 11 is 5.98. The zero-order chi connectivity index (χ0) is 20.5. The van der Waals surface area contributed by atoms with Gasteiger partial charge in [-0.2, -0.15) is 0 Å². The van der Waals surface area contributed by atoms with Crippen molar-refractivity contribution in [3.8, 4) is 0 Å². The van der Waals surface area contributed by atoms with Crippen molar-refractivity contribution in [3.63, 3.8) is 0 Å². The zero-order valence-corrected chi connectivity index (χ0v) is 16.4. The first-order chi connectivity index (χ1) is 13.2. The molecule has 1 saturated carbocycles. The highest BCUT2D eigenvalue weighted by Gasteiger charge is 2.34. The van der Waals surface area contributed by atoms with Crippen molar-refractivity contribution in [2.45, 2.75) is 36.6 Å². The fourth-order valence-corrected chi connectivity index (χ4v) is 4.91. The van der Waals surface area contributed by atoms with Gasteiger partial charge in [-0.25, -0.2) is 17.6 Å². The molecule has 150 valence electrons. The third-order valence-electron chi connectivity index (χ3n) is 4.83. The van der Waals surface area contributed by atoms with Crippen LogP contribution in [0.1, 0.15) is 25.7 Å². The molecule has 11 heteroatoms. The maximum atomic E-state index is 12.8. The first-order valence-corrected chi connectivity index (χ1v) is 10.5. The van der Waals surface area contributed by atoms with Crippen LogP contribution in [0.4, 0.5) is 5.69 Å². The van der Waals surface area contributed by atoms with E-state index < -0.39 is 33.9 Å². The Hall–Kier alpha value is -2.43. The second-order valence-electron chi connectivity index (χ2n) is 6.66. The molecule has 9 nitrogen and oxygen atoms in total. The number of halogens is 1. The number of carbonyl (C=O) groups is 1. The van der Waals surface area contributed by atoms with Crippen LogP contribution in [0.25, 0.3) is 10.8 Å². The van der Waals surface area contributed by atoms with E-state index in [-0.39, 0.29) is 4.90 Å². The topological polar surface area (TPSA) is 149 Å². The summed E-state index contributed by atoms with van der Waals surface area (Å²) in [6.45, 7) is 0. The Morgan fingerprint density at radius 3 is 2.71 bits per heavy atom. The largest absolute Gasteiger partial charge is 0.481 e.